The van der Waals surface area contributed by atoms with Gasteiger partial charge in [-0.3, -0.25) is 4.79 Å². The molecule has 5 fully saturated rings. The zero-order valence-corrected chi connectivity index (χ0v) is 15.6. The van der Waals surface area contributed by atoms with Crippen molar-refractivity contribution in [3.05, 3.63) is 35.4 Å². The van der Waals surface area contributed by atoms with E-state index in [4.69, 9.17) is 0 Å². The van der Waals surface area contributed by atoms with Crippen molar-refractivity contribution in [3.8, 4) is 0 Å². The predicted octanol–water partition coefficient (Wildman–Crippen LogP) is 4.85. The Bertz CT molecular complexity index is 656. The van der Waals surface area contributed by atoms with Crippen molar-refractivity contribution in [3.63, 3.8) is 0 Å². The first-order valence-corrected chi connectivity index (χ1v) is 10.5. The van der Waals surface area contributed by atoms with E-state index in [-0.39, 0.29) is 10.8 Å². The van der Waals surface area contributed by atoms with Crippen LogP contribution >= 0.6 is 0 Å². The standard InChI is InChI=1S/C23H31NO/c1-17-5-7-20(8-6-17)22-12-18-11-19(13-22)15-23(14-18,16-22)21(25)24-9-3-2-4-10-24/h5-8,18-19H,2-4,9-16H2,1H3. The fraction of sp³-hybridized carbons (Fsp3) is 0.696. The predicted molar refractivity (Wildman–Crippen MR) is 100 cm³/mol. The van der Waals surface area contributed by atoms with Crippen LogP contribution in [0.2, 0.25) is 0 Å². The van der Waals surface area contributed by atoms with Gasteiger partial charge >= 0.3 is 0 Å². The highest BCUT2D eigenvalue weighted by atomic mass is 16.2. The fourth-order valence-corrected chi connectivity index (χ4v) is 7.19. The largest absolute Gasteiger partial charge is 0.342 e. The molecule has 2 heteroatoms. The van der Waals surface area contributed by atoms with Gasteiger partial charge in [0.25, 0.3) is 0 Å². The van der Waals surface area contributed by atoms with Crippen LogP contribution in [0.25, 0.3) is 0 Å². The lowest BCUT2D eigenvalue weighted by Gasteiger charge is -2.62. The monoisotopic (exact) mass is 337 g/mol. The Kier molecular flexibility index (Phi) is 3.56. The molecule has 4 saturated carbocycles. The normalized spacial score (nSPS) is 39.6. The van der Waals surface area contributed by atoms with Crippen molar-refractivity contribution < 1.29 is 4.79 Å². The smallest absolute Gasteiger partial charge is 0.228 e. The van der Waals surface area contributed by atoms with Crippen molar-refractivity contribution in [1.82, 2.24) is 4.90 Å². The molecular weight excluding hydrogens is 306 g/mol. The van der Waals surface area contributed by atoms with Crippen molar-refractivity contribution >= 4 is 5.91 Å². The number of rotatable bonds is 2. The van der Waals surface area contributed by atoms with Crippen LogP contribution in [0.15, 0.2) is 24.3 Å². The second kappa shape index (κ2) is 5.59. The van der Waals surface area contributed by atoms with Gasteiger partial charge in [0.2, 0.25) is 5.91 Å². The Balaban J connectivity index is 1.50. The first-order valence-electron chi connectivity index (χ1n) is 10.5. The number of benzene rings is 1. The van der Waals surface area contributed by atoms with Crippen molar-refractivity contribution in [2.45, 2.75) is 70.1 Å². The molecule has 1 amide bonds. The molecule has 25 heavy (non-hydrogen) atoms. The summed E-state index contributed by atoms with van der Waals surface area (Å²) >= 11 is 0. The minimum Gasteiger partial charge on any atom is -0.342 e. The summed E-state index contributed by atoms with van der Waals surface area (Å²) in [5, 5.41) is 0. The fourth-order valence-electron chi connectivity index (χ4n) is 7.19. The second-order valence-electron chi connectivity index (χ2n) is 9.74. The lowest BCUT2D eigenvalue weighted by atomic mass is 9.42. The average molecular weight is 338 g/mol. The molecule has 134 valence electrons. The molecular formula is C23H31NO. The minimum absolute atomic E-state index is 0.0354. The van der Waals surface area contributed by atoms with E-state index in [0.717, 1.165) is 31.3 Å². The number of nitrogens with zero attached hydrogens (tertiary/aromatic N) is 1. The van der Waals surface area contributed by atoms with E-state index in [2.05, 4.69) is 36.1 Å². The van der Waals surface area contributed by atoms with Gasteiger partial charge in [-0.1, -0.05) is 29.8 Å². The zero-order valence-electron chi connectivity index (χ0n) is 15.6. The van der Waals surface area contributed by atoms with Gasteiger partial charge < -0.3 is 4.90 Å². The third-order valence-electron chi connectivity index (χ3n) is 7.82. The maximum atomic E-state index is 13.6. The molecule has 0 spiro atoms. The molecule has 1 aromatic carbocycles. The number of aryl methyl sites for hydroxylation is 1. The molecule has 2 atom stereocenters. The van der Waals surface area contributed by atoms with E-state index >= 15 is 0 Å². The number of hydrogen-bond acceptors (Lipinski definition) is 1. The van der Waals surface area contributed by atoms with Crippen molar-refractivity contribution in [2.75, 3.05) is 13.1 Å². The summed E-state index contributed by atoms with van der Waals surface area (Å²) in [6.45, 7) is 4.19. The summed E-state index contributed by atoms with van der Waals surface area (Å²) < 4.78 is 0. The summed E-state index contributed by atoms with van der Waals surface area (Å²) in [6.07, 6.45) is 11.2. The lowest BCUT2D eigenvalue weighted by molar-refractivity contribution is -0.161. The van der Waals surface area contributed by atoms with Gasteiger partial charge in [0.15, 0.2) is 0 Å². The van der Waals surface area contributed by atoms with E-state index in [0.29, 0.717) is 5.91 Å². The Morgan fingerprint density at radius 2 is 1.60 bits per heavy atom. The second-order valence-corrected chi connectivity index (χ2v) is 9.74. The van der Waals surface area contributed by atoms with Crippen LogP contribution in [0.4, 0.5) is 0 Å². The quantitative estimate of drug-likeness (QED) is 0.756. The third kappa shape index (κ3) is 2.47. The van der Waals surface area contributed by atoms with E-state index in [9.17, 15) is 4.79 Å². The van der Waals surface area contributed by atoms with Gasteiger partial charge in [0.1, 0.15) is 0 Å². The molecule has 2 nitrogen and oxygen atoms in total. The average Bonchev–Trinajstić information content (AvgIpc) is 2.61. The first-order chi connectivity index (χ1) is 12.1. The molecule has 4 aliphatic carbocycles. The topological polar surface area (TPSA) is 20.3 Å². The maximum absolute atomic E-state index is 13.6. The summed E-state index contributed by atoms with van der Waals surface area (Å²) in [4.78, 5) is 15.8. The highest BCUT2D eigenvalue weighted by Gasteiger charge is 2.61. The van der Waals surface area contributed by atoms with Gasteiger partial charge in [-0.2, -0.15) is 0 Å². The lowest BCUT2D eigenvalue weighted by Crippen LogP contribution is -2.60. The number of piperidine rings is 1. The van der Waals surface area contributed by atoms with Gasteiger partial charge in [-0.05, 0) is 87.5 Å². The Labute approximate surface area is 152 Å². The number of carbonyl (C=O) groups excluding carboxylic acids is 1. The summed E-state index contributed by atoms with van der Waals surface area (Å²) in [7, 11) is 0. The van der Waals surface area contributed by atoms with E-state index in [1.165, 1.54) is 62.5 Å². The number of carbonyl (C=O) groups is 1. The van der Waals surface area contributed by atoms with Gasteiger partial charge in [-0.15, -0.1) is 0 Å². The van der Waals surface area contributed by atoms with Gasteiger partial charge in [-0.25, -0.2) is 0 Å². The number of amides is 1. The van der Waals surface area contributed by atoms with Crippen LogP contribution in [-0.2, 0) is 10.2 Å². The molecule has 6 rings (SSSR count). The third-order valence-corrected chi connectivity index (χ3v) is 7.82. The molecule has 2 unspecified atom stereocenters. The molecule has 0 N–H and O–H groups in total. The van der Waals surface area contributed by atoms with E-state index in [1.807, 2.05) is 0 Å². The number of likely N-dealkylation sites (tertiary alicyclic amines) is 1. The Morgan fingerprint density at radius 1 is 0.960 bits per heavy atom. The summed E-state index contributed by atoms with van der Waals surface area (Å²) in [5.41, 5.74) is 3.10. The SMILES string of the molecule is Cc1ccc(C23CC4CC(CC(C(=O)N5CCCCC5)(C4)C2)C3)cc1. The zero-order chi connectivity index (χ0) is 17.1. The van der Waals surface area contributed by atoms with Crippen LogP contribution in [-0.4, -0.2) is 23.9 Å². The molecule has 4 bridgehead atoms. The van der Waals surface area contributed by atoms with E-state index in [1.54, 1.807) is 0 Å². The van der Waals surface area contributed by atoms with Gasteiger partial charge in [0, 0.05) is 13.1 Å². The van der Waals surface area contributed by atoms with E-state index < -0.39 is 0 Å². The van der Waals surface area contributed by atoms with Crippen LogP contribution in [0.3, 0.4) is 0 Å². The highest BCUT2D eigenvalue weighted by Crippen LogP contribution is 2.66. The Morgan fingerprint density at radius 3 is 2.24 bits per heavy atom. The minimum atomic E-state index is -0.0354. The Hall–Kier alpha value is -1.31. The van der Waals surface area contributed by atoms with Crippen LogP contribution in [0.5, 0.6) is 0 Å². The molecule has 5 aliphatic rings. The summed E-state index contributed by atoms with van der Waals surface area (Å²) in [6, 6.07) is 9.27. The summed E-state index contributed by atoms with van der Waals surface area (Å²) in [5.74, 6) is 2.07. The van der Waals surface area contributed by atoms with Gasteiger partial charge in [0.05, 0.1) is 5.41 Å². The highest BCUT2D eigenvalue weighted by molar-refractivity contribution is 5.83. The molecule has 1 aliphatic heterocycles. The van der Waals surface area contributed by atoms with Crippen LogP contribution < -0.4 is 0 Å². The number of hydrogen-bond donors (Lipinski definition) is 0. The molecule has 0 aromatic heterocycles. The van der Waals surface area contributed by atoms with Crippen molar-refractivity contribution in [1.29, 1.82) is 0 Å². The van der Waals surface area contributed by atoms with Crippen molar-refractivity contribution in [2.24, 2.45) is 17.3 Å². The first kappa shape index (κ1) is 15.9. The molecule has 1 aromatic rings. The molecule has 1 heterocycles. The maximum Gasteiger partial charge on any atom is 0.228 e. The molecule has 0 radical (unpaired) electrons. The molecule has 1 saturated heterocycles. The van der Waals surface area contributed by atoms with Crippen LogP contribution in [0, 0.1) is 24.2 Å². The van der Waals surface area contributed by atoms with Crippen LogP contribution in [0.1, 0.15) is 68.9 Å².